The van der Waals surface area contributed by atoms with E-state index in [9.17, 15) is 14.9 Å². The number of hydrogen-bond donors (Lipinski definition) is 2. The summed E-state index contributed by atoms with van der Waals surface area (Å²) in [5, 5.41) is 15.9. The number of benzene rings is 1. The summed E-state index contributed by atoms with van der Waals surface area (Å²) in [5.74, 6) is -0.0872. The van der Waals surface area contributed by atoms with Crippen molar-refractivity contribution in [2.45, 2.75) is 38.1 Å². The second kappa shape index (κ2) is 5.12. The number of hydrogen-bond acceptors (Lipinski definition) is 3. The van der Waals surface area contributed by atoms with E-state index in [0.717, 1.165) is 0 Å². The van der Waals surface area contributed by atoms with Gasteiger partial charge in [0.05, 0.1) is 5.56 Å². The Labute approximate surface area is 155 Å². The number of nitriles is 1. The highest BCUT2D eigenvalue weighted by molar-refractivity contribution is 6.31. The minimum absolute atomic E-state index is 0.0674. The molecular weight excluding hydrogens is 352 g/mol. The number of carbonyl (C=O) groups is 2. The van der Waals surface area contributed by atoms with E-state index in [1.165, 1.54) is 0 Å². The van der Waals surface area contributed by atoms with Gasteiger partial charge >= 0.3 is 0 Å². The van der Waals surface area contributed by atoms with Gasteiger partial charge in [-0.05, 0) is 44.5 Å². The fourth-order valence-corrected chi connectivity index (χ4v) is 4.11. The molecule has 132 valence electrons. The average molecular weight is 369 g/mol. The van der Waals surface area contributed by atoms with Crippen LogP contribution in [0.15, 0.2) is 24.4 Å². The first-order chi connectivity index (χ1) is 12.2. The van der Waals surface area contributed by atoms with Crippen LogP contribution in [0.2, 0.25) is 5.02 Å². The summed E-state index contributed by atoms with van der Waals surface area (Å²) in [6, 6.07) is 7.31. The number of aromatic nitrogens is 1. The van der Waals surface area contributed by atoms with E-state index < -0.39 is 5.41 Å². The first-order valence-corrected chi connectivity index (χ1v) is 8.64. The number of halogens is 1. The fraction of sp³-hybridized carbons (Fsp3) is 0.316. The van der Waals surface area contributed by atoms with E-state index in [1.807, 2.05) is 25.3 Å². The summed E-state index contributed by atoms with van der Waals surface area (Å²) in [5.41, 5.74) is 0.532. The third-order valence-electron chi connectivity index (χ3n) is 5.04. The summed E-state index contributed by atoms with van der Waals surface area (Å²) in [4.78, 5) is 25.7. The summed E-state index contributed by atoms with van der Waals surface area (Å²) in [6.07, 6.45) is 1.63. The molecule has 2 N–H and O–H groups in total. The van der Waals surface area contributed by atoms with Crippen molar-refractivity contribution in [3.05, 3.63) is 46.1 Å². The van der Waals surface area contributed by atoms with Gasteiger partial charge in [0.1, 0.15) is 17.3 Å². The molecule has 1 aromatic heterocycles. The lowest BCUT2D eigenvalue weighted by Gasteiger charge is -2.34. The molecule has 3 heterocycles. The lowest BCUT2D eigenvalue weighted by atomic mass is 9.70. The van der Waals surface area contributed by atoms with Crippen molar-refractivity contribution in [2.75, 3.05) is 10.6 Å². The predicted molar refractivity (Wildman–Crippen MR) is 98.3 cm³/mol. The first-order valence-electron chi connectivity index (χ1n) is 8.26. The van der Waals surface area contributed by atoms with Crippen LogP contribution in [0, 0.1) is 11.3 Å². The van der Waals surface area contributed by atoms with Crippen LogP contribution in [0.3, 0.4) is 0 Å². The quantitative estimate of drug-likeness (QED) is 0.747. The van der Waals surface area contributed by atoms with Crippen LogP contribution >= 0.6 is 11.6 Å². The van der Waals surface area contributed by atoms with Crippen LogP contribution in [0.4, 0.5) is 11.5 Å². The van der Waals surface area contributed by atoms with Crippen molar-refractivity contribution >= 4 is 34.9 Å². The van der Waals surface area contributed by atoms with Crippen molar-refractivity contribution in [2.24, 2.45) is 0 Å². The van der Waals surface area contributed by atoms with Gasteiger partial charge in [-0.1, -0.05) is 11.6 Å². The average Bonchev–Trinajstić information content (AvgIpc) is 3.05. The van der Waals surface area contributed by atoms with E-state index in [4.69, 9.17) is 11.6 Å². The maximum Gasteiger partial charge on any atom is 0.240 e. The first kappa shape index (κ1) is 16.7. The third kappa shape index (κ3) is 2.04. The minimum Gasteiger partial charge on any atom is -0.328 e. The van der Waals surface area contributed by atoms with Gasteiger partial charge < -0.3 is 15.2 Å². The molecule has 2 aromatic rings. The van der Waals surface area contributed by atoms with Gasteiger partial charge in [0.2, 0.25) is 11.8 Å². The molecule has 0 unspecified atom stereocenters. The van der Waals surface area contributed by atoms with Crippen LogP contribution in [0.1, 0.15) is 43.9 Å². The van der Waals surface area contributed by atoms with Gasteiger partial charge in [-0.3, -0.25) is 9.59 Å². The Bertz CT molecular complexity index is 1030. The molecular formula is C19H17ClN4O2. The zero-order chi connectivity index (χ0) is 18.9. The molecule has 0 aliphatic carbocycles. The molecule has 0 bridgehead atoms. The molecule has 2 aliphatic heterocycles. The lowest BCUT2D eigenvalue weighted by Crippen LogP contribution is -2.44. The summed E-state index contributed by atoms with van der Waals surface area (Å²) < 4.78 is 1.84. The summed E-state index contributed by atoms with van der Waals surface area (Å²) in [6.45, 7) is 5.92. The van der Waals surface area contributed by atoms with Crippen molar-refractivity contribution in [3.8, 4) is 6.07 Å². The Kier molecular flexibility index (Phi) is 3.28. The molecule has 26 heavy (non-hydrogen) atoms. The topological polar surface area (TPSA) is 86.9 Å². The molecule has 0 saturated carbocycles. The van der Waals surface area contributed by atoms with Gasteiger partial charge in [0.25, 0.3) is 0 Å². The normalized spacial score (nSPS) is 21.0. The molecule has 0 saturated heterocycles. The number of rotatable bonds is 0. The maximum atomic E-state index is 13.1. The molecule has 2 aliphatic rings. The van der Waals surface area contributed by atoms with E-state index >= 15 is 0 Å². The molecule has 7 heteroatoms. The molecule has 4 rings (SSSR count). The van der Waals surface area contributed by atoms with Gasteiger partial charge in [0.15, 0.2) is 0 Å². The number of anilines is 2. The predicted octanol–water partition coefficient (Wildman–Crippen LogP) is 3.35. The Hall–Kier alpha value is -2.78. The highest BCUT2D eigenvalue weighted by Crippen LogP contribution is 2.52. The van der Waals surface area contributed by atoms with Crippen LogP contribution in [-0.2, 0) is 20.5 Å². The standard InChI is InChI=1S/C19H17ClN4O2/c1-18(2,3)24-9-10(8-21)15-16(24)23-14(25)7-19(15)12-6-11(20)4-5-13(12)22-17(19)26/h4-6,9H,7H2,1-3H3,(H,22,26)(H,23,25)/t19-/m1/s1. The Morgan fingerprint density at radius 3 is 2.65 bits per heavy atom. The zero-order valence-corrected chi connectivity index (χ0v) is 15.4. The van der Waals surface area contributed by atoms with E-state index in [-0.39, 0.29) is 23.8 Å². The number of nitrogens with one attached hydrogen (secondary N) is 2. The summed E-state index contributed by atoms with van der Waals surface area (Å²) >= 11 is 6.18. The Morgan fingerprint density at radius 2 is 2.00 bits per heavy atom. The molecule has 1 atom stereocenters. The number of nitrogens with zero attached hydrogens (tertiary/aromatic N) is 2. The molecule has 1 spiro atoms. The number of amides is 2. The third-order valence-corrected chi connectivity index (χ3v) is 5.27. The molecule has 2 amide bonds. The second-order valence-electron chi connectivity index (χ2n) is 7.69. The molecule has 0 fully saturated rings. The van der Waals surface area contributed by atoms with Crippen molar-refractivity contribution in [1.82, 2.24) is 4.57 Å². The largest absolute Gasteiger partial charge is 0.328 e. The Morgan fingerprint density at radius 1 is 1.27 bits per heavy atom. The summed E-state index contributed by atoms with van der Waals surface area (Å²) in [7, 11) is 0. The minimum atomic E-state index is -1.25. The SMILES string of the molecule is CC(C)(C)n1cc(C#N)c2c1NC(=O)C[C@]21C(=O)Nc2ccc(Cl)cc21. The number of fused-ring (bicyclic) bond motifs is 4. The van der Waals surface area contributed by atoms with Gasteiger partial charge in [-0.15, -0.1) is 0 Å². The van der Waals surface area contributed by atoms with Crippen LogP contribution in [0.25, 0.3) is 0 Å². The monoisotopic (exact) mass is 368 g/mol. The van der Waals surface area contributed by atoms with Gasteiger partial charge in [0, 0.05) is 34.4 Å². The highest BCUT2D eigenvalue weighted by Gasteiger charge is 2.55. The van der Waals surface area contributed by atoms with E-state index in [1.54, 1.807) is 24.4 Å². The van der Waals surface area contributed by atoms with Crippen molar-refractivity contribution < 1.29 is 9.59 Å². The number of carbonyl (C=O) groups excluding carboxylic acids is 2. The molecule has 6 nitrogen and oxygen atoms in total. The molecule has 1 aromatic carbocycles. The van der Waals surface area contributed by atoms with Gasteiger partial charge in [-0.2, -0.15) is 5.26 Å². The van der Waals surface area contributed by atoms with Crippen molar-refractivity contribution in [1.29, 1.82) is 5.26 Å². The fourth-order valence-electron chi connectivity index (χ4n) is 3.93. The van der Waals surface area contributed by atoms with E-state index in [0.29, 0.717) is 33.2 Å². The van der Waals surface area contributed by atoms with Crippen LogP contribution < -0.4 is 10.6 Å². The van der Waals surface area contributed by atoms with Crippen LogP contribution in [0.5, 0.6) is 0 Å². The molecule has 0 radical (unpaired) electrons. The van der Waals surface area contributed by atoms with E-state index in [2.05, 4.69) is 16.7 Å². The van der Waals surface area contributed by atoms with Gasteiger partial charge in [-0.25, -0.2) is 0 Å². The zero-order valence-electron chi connectivity index (χ0n) is 14.6. The maximum absolute atomic E-state index is 13.1. The van der Waals surface area contributed by atoms with Crippen LogP contribution in [-0.4, -0.2) is 16.4 Å². The lowest BCUT2D eigenvalue weighted by molar-refractivity contribution is -0.125. The smallest absolute Gasteiger partial charge is 0.240 e. The second-order valence-corrected chi connectivity index (χ2v) is 8.13. The highest BCUT2D eigenvalue weighted by atomic mass is 35.5. The van der Waals surface area contributed by atoms with Crippen molar-refractivity contribution in [3.63, 3.8) is 0 Å². The Balaban J connectivity index is 2.12.